The Hall–Kier alpha value is -1.02. The molecule has 1 fully saturated rings. The van der Waals surface area contributed by atoms with E-state index in [1.54, 1.807) is 0 Å². The van der Waals surface area contributed by atoms with Crippen molar-refractivity contribution in [2.45, 2.75) is 46.1 Å². The van der Waals surface area contributed by atoms with E-state index in [2.05, 4.69) is 32.0 Å². The largest absolute Gasteiger partial charge is 0.494 e. The van der Waals surface area contributed by atoms with E-state index >= 15 is 0 Å². The molecular weight excluding hydrogens is 222 g/mol. The molecule has 0 saturated heterocycles. The molecule has 1 aromatic rings. The fraction of sp³-hybridized carbons (Fsp3) is 0.625. The normalized spacial score (nSPS) is 25.1. The number of hydrogen-bond donors (Lipinski definition) is 1. The van der Waals surface area contributed by atoms with E-state index in [1.165, 1.54) is 30.4 Å². The standard InChI is InChI=1S/C16H25NO/c1-4-18-15-9-8-11(2)10-14(15)16(17)13-7-5-6-12(13)3/h8-10,12-13,16H,4-7,17H2,1-3H3. The summed E-state index contributed by atoms with van der Waals surface area (Å²) in [4.78, 5) is 0. The number of benzene rings is 1. The number of nitrogens with two attached hydrogens (primary N) is 1. The van der Waals surface area contributed by atoms with E-state index in [4.69, 9.17) is 10.5 Å². The number of ether oxygens (including phenoxy) is 1. The highest BCUT2D eigenvalue weighted by Gasteiger charge is 2.31. The van der Waals surface area contributed by atoms with Crippen molar-refractivity contribution in [3.63, 3.8) is 0 Å². The molecule has 2 nitrogen and oxygen atoms in total. The molecule has 0 spiro atoms. The molecule has 0 heterocycles. The average molecular weight is 247 g/mol. The fourth-order valence-electron chi connectivity index (χ4n) is 3.15. The minimum atomic E-state index is 0.115. The summed E-state index contributed by atoms with van der Waals surface area (Å²) >= 11 is 0. The molecule has 2 rings (SSSR count). The SMILES string of the molecule is CCOc1ccc(C)cc1C(N)C1CCCC1C. The van der Waals surface area contributed by atoms with Gasteiger partial charge in [-0.15, -0.1) is 0 Å². The lowest BCUT2D eigenvalue weighted by Gasteiger charge is -2.25. The third-order valence-electron chi connectivity index (χ3n) is 4.21. The van der Waals surface area contributed by atoms with Crippen LogP contribution >= 0.6 is 0 Å². The lowest BCUT2D eigenvalue weighted by Crippen LogP contribution is -2.24. The Bertz CT molecular complexity index is 402. The summed E-state index contributed by atoms with van der Waals surface area (Å²) in [6.45, 7) is 7.16. The first kappa shape index (κ1) is 13.4. The smallest absolute Gasteiger partial charge is 0.124 e. The predicted molar refractivity (Wildman–Crippen MR) is 75.8 cm³/mol. The second kappa shape index (κ2) is 5.75. The van der Waals surface area contributed by atoms with Crippen LogP contribution in [0.2, 0.25) is 0 Å². The molecule has 0 aromatic heterocycles. The number of rotatable bonds is 4. The van der Waals surface area contributed by atoms with Crippen LogP contribution in [-0.4, -0.2) is 6.61 Å². The predicted octanol–water partition coefficient (Wildman–Crippen LogP) is 3.83. The van der Waals surface area contributed by atoms with Crippen LogP contribution in [0.15, 0.2) is 18.2 Å². The van der Waals surface area contributed by atoms with Gasteiger partial charge in [-0.1, -0.05) is 37.5 Å². The lowest BCUT2D eigenvalue weighted by molar-refractivity contribution is 0.312. The monoisotopic (exact) mass is 247 g/mol. The molecule has 100 valence electrons. The van der Waals surface area contributed by atoms with E-state index < -0.39 is 0 Å². The number of hydrogen-bond acceptors (Lipinski definition) is 2. The van der Waals surface area contributed by atoms with Gasteiger partial charge in [-0.05, 0) is 38.2 Å². The van der Waals surface area contributed by atoms with Crippen LogP contribution < -0.4 is 10.5 Å². The number of aryl methyl sites for hydroxylation is 1. The van der Waals surface area contributed by atoms with Crippen LogP contribution in [0, 0.1) is 18.8 Å². The Balaban J connectivity index is 2.27. The van der Waals surface area contributed by atoms with Gasteiger partial charge < -0.3 is 10.5 Å². The van der Waals surface area contributed by atoms with Gasteiger partial charge in [0.25, 0.3) is 0 Å². The van der Waals surface area contributed by atoms with E-state index in [0.29, 0.717) is 12.5 Å². The van der Waals surface area contributed by atoms with Gasteiger partial charge in [-0.25, -0.2) is 0 Å². The fourth-order valence-corrected chi connectivity index (χ4v) is 3.15. The maximum absolute atomic E-state index is 6.51. The molecule has 18 heavy (non-hydrogen) atoms. The maximum Gasteiger partial charge on any atom is 0.124 e. The zero-order valence-electron chi connectivity index (χ0n) is 11.8. The minimum absolute atomic E-state index is 0.115. The van der Waals surface area contributed by atoms with Gasteiger partial charge in [-0.2, -0.15) is 0 Å². The summed E-state index contributed by atoms with van der Waals surface area (Å²) in [6, 6.07) is 6.47. The summed E-state index contributed by atoms with van der Waals surface area (Å²) in [6.07, 6.45) is 3.88. The van der Waals surface area contributed by atoms with Crippen molar-refractivity contribution >= 4 is 0 Å². The highest BCUT2D eigenvalue weighted by atomic mass is 16.5. The third kappa shape index (κ3) is 2.69. The molecule has 0 bridgehead atoms. The van der Waals surface area contributed by atoms with Gasteiger partial charge in [0.15, 0.2) is 0 Å². The summed E-state index contributed by atoms with van der Waals surface area (Å²) in [5.41, 5.74) is 8.96. The summed E-state index contributed by atoms with van der Waals surface area (Å²) in [7, 11) is 0. The van der Waals surface area contributed by atoms with Crippen molar-refractivity contribution in [2.75, 3.05) is 6.61 Å². The van der Waals surface area contributed by atoms with E-state index in [0.717, 1.165) is 11.7 Å². The van der Waals surface area contributed by atoms with E-state index in [-0.39, 0.29) is 6.04 Å². The molecule has 0 amide bonds. The van der Waals surface area contributed by atoms with E-state index in [1.807, 2.05) is 6.92 Å². The van der Waals surface area contributed by atoms with Gasteiger partial charge in [0, 0.05) is 11.6 Å². The van der Waals surface area contributed by atoms with Gasteiger partial charge >= 0.3 is 0 Å². The van der Waals surface area contributed by atoms with Crippen LogP contribution in [0.3, 0.4) is 0 Å². The summed E-state index contributed by atoms with van der Waals surface area (Å²) in [5, 5.41) is 0. The minimum Gasteiger partial charge on any atom is -0.494 e. The maximum atomic E-state index is 6.51. The van der Waals surface area contributed by atoms with Crippen molar-refractivity contribution in [2.24, 2.45) is 17.6 Å². The Morgan fingerprint density at radius 3 is 2.78 bits per heavy atom. The molecule has 0 aliphatic heterocycles. The van der Waals surface area contributed by atoms with Crippen molar-refractivity contribution in [3.05, 3.63) is 29.3 Å². The van der Waals surface area contributed by atoms with Crippen molar-refractivity contribution < 1.29 is 4.74 Å². The molecule has 1 aliphatic carbocycles. The van der Waals surface area contributed by atoms with Crippen LogP contribution in [0.5, 0.6) is 5.75 Å². The van der Waals surface area contributed by atoms with Crippen molar-refractivity contribution in [1.29, 1.82) is 0 Å². The topological polar surface area (TPSA) is 35.2 Å². The van der Waals surface area contributed by atoms with Crippen LogP contribution in [0.25, 0.3) is 0 Å². The first-order valence-corrected chi connectivity index (χ1v) is 7.12. The lowest BCUT2D eigenvalue weighted by atomic mass is 9.85. The third-order valence-corrected chi connectivity index (χ3v) is 4.21. The second-order valence-electron chi connectivity index (χ2n) is 5.57. The first-order valence-electron chi connectivity index (χ1n) is 7.12. The molecule has 1 saturated carbocycles. The Morgan fingerprint density at radius 2 is 2.17 bits per heavy atom. The highest BCUT2D eigenvalue weighted by molar-refractivity contribution is 5.39. The Morgan fingerprint density at radius 1 is 1.39 bits per heavy atom. The molecular formula is C16H25NO. The molecule has 2 N–H and O–H groups in total. The Labute approximate surface area is 111 Å². The highest BCUT2D eigenvalue weighted by Crippen LogP contribution is 2.41. The zero-order valence-corrected chi connectivity index (χ0v) is 11.8. The van der Waals surface area contributed by atoms with Crippen molar-refractivity contribution in [1.82, 2.24) is 0 Å². The van der Waals surface area contributed by atoms with Gasteiger partial charge in [0.1, 0.15) is 5.75 Å². The van der Waals surface area contributed by atoms with Gasteiger partial charge in [0.05, 0.1) is 6.61 Å². The molecule has 0 radical (unpaired) electrons. The first-order chi connectivity index (χ1) is 8.63. The summed E-state index contributed by atoms with van der Waals surface area (Å²) < 4.78 is 5.73. The Kier molecular flexibility index (Phi) is 4.28. The van der Waals surface area contributed by atoms with Crippen LogP contribution in [0.4, 0.5) is 0 Å². The molecule has 3 unspecified atom stereocenters. The second-order valence-corrected chi connectivity index (χ2v) is 5.57. The molecule has 1 aliphatic rings. The van der Waals surface area contributed by atoms with Crippen LogP contribution in [-0.2, 0) is 0 Å². The van der Waals surface area contributed by atoms with Crippen LogP contribution in [0.1, 0.15) is 50.3 Å². The zero-order chi connectivity index (χ0) is 13.1. The van der Waals surface area contributed by atoms with Crippen molar-refractivity contribution in [3.8, 4) is 5.75 Å². The van der Waals surface area contributed by atoms with E-state index in [9.17, 15) is 0 Å². The average Bonchev–Trinajstić information content (AvgIpc) is 2.77. The molecule has 3 atom stereocenters. The molecule has 2 heteroatoms. The molecule has 1 aromatic carbocycles. The van der Waals surface area contributed by atoms with Gasteiger partial charge in [-0.3, -0.25) is 0 Å². The van der Waals surface area contributed by atoms with Gasteiger partial charge in [0.2, 0.25) is 0 Å². The quantitative estimate of drug-likeness (QED) is 0.877. The summed E-state index contributed by atoms with van der Waals surface area (Å²) in [5.74, 6) is 2.30.